The van der Waals surface area contributed by atoms with Gasteiger partial charge in [0, 0.05) is 18.2 Å². The highest BCUT2D eigenvalue weighted by atomic mass is 15.2. The Morgan fingerprint density at radius 2 is 2.31 bits per heavy atom. The van der Waals surface area contributed by atoms with E-state index in [0.29, 0.717) is 0 Å². The summed E-state index contributed by atoms with van der Waals surface area (Å²) in [6.45, 7) is 5.68. The number of aromatic nitrogens is 2. The van der Waals surface area contributed by atoms with Crippen LogP contribution >= 0.6 is 0 Å². The quantitative estimate of drug-likeness (QED) is 0.765. The lowest BCUT2D eigenvalue weighted by atomic mass is 10.1. The normalized spacial score (nSPS) is 10.3. The van der Waals surface area contributed by atoms with Crippen LogP contribution in [0.3, 0.4) is 0 Å². The van der Waals surface area contributed by atoms with Gasteiger partial charge in [-0.15, -0.1) is 5.10 Å². The molecule has 3 heteroatoms. The first-order valence-corrected chi connectivity index (χ1v) is 4.12. The Balaban J connectivity index is 3.28. The molecule has 68 valence electrons. The molecule has 0 amide bonds. The van der Waals surface area contributed by atoms with Gasteiger partial charge in [-0.05, 0) is 6.92 Å². The molecule has 0 aliphatic heterocycles. The number of allylic oxidation sites excluding steroid dienone is 1. The average Bonchev–Trinajstić information content (AvgIpc) is 2.18. The molecule has 0 aliphatic carbocycles. The Hall–Kier alpha value is -1.64. The minimum atomic E-state index is 0.774. The van der Waals surface area contributed by atoms with Crippen molar-refractivity contribution in [3.63, 3.8) is 0 Å². The van der Waals surface area contributed by atoms with Crippen molar-refractivity contribution in [1.82, 2.24) is 10.2 Å². The van der Waals surface area contributed by atoms with Gasteiger partial charge in [-0.25, -0.2) is 0 Å². The summed E-state index contributed by atoms with van der Waals surface area (Å²) in [5.74, 6) is 0.774. The molecule has 1 N–H and O–H groups in total. The molecule has 0 radical (unpaired) electrons. The highest BCUT2D eigenvalue weighted by Crippen LogP contribution is 2.18. The molecule has 13 heavy (non-hydrogen) atoms. The molecule has 1 heterocycles. The topological polar surface area (TPSA) is 37.8 Å². The zero-order chi connectivity index (χ0) is 9.68. The Labute approximate surface area is 78.2 Å². The van der Waals surface area contributed by atoms with Gasteiger partial charge < -0.3 is 5.32 Å². The number of nitrogens with zero attached hydrogens (tertiary/aromatic N) is 2. The van der Waals surface area contributed by atoms with Crippen molar-refractivity contribution in [2.24, 2.45) is 0 Å². The van der Waals surface area contributed by atoms with Crippen LogP contribution in [0.15, 0.2) is 18.9 Å². The fraction of sp³-hybridized carbons (Fsp3) is 0.200. The van der Waals surface area contributed by atoms with Gasteiger partial charge in [0.2, 0.25) is 0 Å². The number of hydrogen-bond donors (Lipinski definition) is 1. The predicted octanol–water partition coefficient (Wildman–Crippen LogP) is 2.19. The first kappa shape index (κ1) is 9.45. The van der Waals surface area contributed by atoms with Crippen LogP contribution in [0.1, 0.15) is 18.1 Å². The van der Waals surface area contributed by atoms with E-state index in [1.165, 1.54) is 0 Å². The highest BCUT2D eigenvalue weighted by molar-refractivity contribution is 5.71. The maximum atomic E-state index is 3.96. The predicted molar refractivity (Wildman–Crippen MR) is 56.4 cm³/mol. The second-order valence-electron chi connectivity index (χ2n) is 2.52. The van der Waals surface area contributed by atoms with Crippen LogP contribution in [-0.2, 0) is 0 Å². The summed E-state index contributed by atoms with van der Waals surface area (Å²) in [5.41, 5.74) is 2.01. The third-order valence-electron chi connectivity index (χ3n) is 1.71. The van der Waals surface area contributed by atoms with Gasteiger partial charge in [0.25, 0.3) is 0 Å². The third-order valence-corrected chi connectivity index (χ3v) is 1.71. The van der Waals surface area contributed by atoms with Gasteiger partial charge in [0.05, 0.1) is 6.20 Å². The van der Waals surface area contributed by atoms with Gasteiger partial charge in [0.15, 0.2) is 5.82 Å². The molecule has 1 rings (SSSR count). The highest BCUT2D eigenvalue weighted by Gasteiger charge is 2.02. The maximum absolute atomic E-state index is 3.96. The molecule has 0 atom stereocenters. The van der Waals surface area contributed by atoms with E-state index in [1.54, 1.807) is 12.3 Å². The summed E-state index contributed by atoms with van der Waals surface area (Å²) in [5, 5.41) is 10.8. The molecule has 1 aromatic heterocycles. The molecule has 0 unspecified atom stereocenters. The van der Waals surface area contributed by atoms with E-state index >= 15 is 0 Å². The second kappa shape index (κ2) is 4.40. The molecule has 0 aliphatic rings. The summed E-state index contributed by atoms with van der Waals surface area (Å²) < 4.78 is 0. The SMILES string of the molecule is C=Cc1cnnc(NC)c1/C=C\C. The smallest absolute Gasteiger partial charge is 0.156 e. The fourth-order valence-corrected chi connectivity index (χ4v) is 1.10. The summed E-state index contributed by atoms with van der Waals surface area (Å²) in [6, 6.07) is 0. The van der Waals surface area contributed by atoms with Gasteiger partial charge in [-0.1, -0.05) is 24.8 Å². The van der Waals surface area contributed by atoms with Crippen LogP contribution < -0.4 is 5.32 Å². The zero-order valence-electron chi connectivity index (χ0n) is 7.91. The van der Waals surface area contributed by atoms with E-state index in [-0.39, 0.29) is 0 Å². The van der Waals surface area contributed by atoms with Crippen LogP contribution in [0.25, 0.3) is 12.2 Å². The monoisotopic (exact) mass is 175 g/mol. The van der Waals surface area contributed by atoms with E-state index in [2.05, 4.69) is 22.1 Å². The number of nitrogens with one attached hydrogen (secondary N) is 1. The summed E-state index contributed by atoms with van der Waals surface area (Å²) in [7, 11) is 1.82. The zero-order valence-corrected chi connectivity index (χ0v) is 7.91. The second-order valence-corrected chi connectivity index (χ2v) is 2.52. The van der Waals surface area contributed by atoms with E-state index in [1.807, 2.05) is 26.1 Å². The van der Waals surface area contributed by atoms with Crippen molar-refractivity contribution in [1.29, 1.82) is 0 Å². The lowest BCUT2D eigenvalue weighted by Gasteiger charge is -2.05. The fourth-order valence-electron chi connectivity index (χ4n) is 1.10. The molecule has 0 spiro atoms. The van der Waals surface area contributed by atoms with Crippen molar-refractivity contribution < 1.29 is 0 Å². The average molecular weight is 175 g/mol. The molecule has 1 aromatic rings. The Kier molecular flexibility index (Phi) is 3.20. The van der Waals surface area contributed by atoms with Gasteiger partial charge in [0.1, 0.15) is 0 Å². The maximum Gasteiger partial charge on any atom is 0.156 e. The van der Waals surface area contributed by atoms with E-state index in [9.17, 15) is 0 Å². The van der Waals surface area contributed by atoms with E-state index in [0.717, 1.165) is 16.9 Å². The van der Waals surface area contributed by atoms with E-state index < -0.39 is 0 Å². The van der Waals surface area contributed by atoms with Crippen molar-refractivity contribution in [2.45, 2.75) is 6.92 Å². The van der Waals surface area contributed by atoms with Crippen LogP contribution in [0.4, 0.5) is 5.82 Å². The molecule has 0 fully saturated rings. The van der Waals surface area contributed by atoms with Gasteiger partial charge >= 0.3 is 0 Å². The van der Waals surface area contributed by atoms with E-state index in [4.69, 9.17) is 0 Å². The van der Waals surface area contributed by atoms with Crippen molar-refractivity contribution >= 4 is 18.0 Å². The molecule has 3 nitrogen and oxygen atoms in total. The van der Waals surface area contributed by atoms with Crippen molar-refractivity contribution in [2.75, 3.05) is 12.4 Å². The first-order chi connectivity index (χ1) is 6.33. The molecular weight excluding hydrogens is 162 g/mol. The summed E-state index contributed by atoms with van der Waals surface area (Å²) in [4.78, 5) is 0. The van der Waals surface area contributed by atoms with Crippen molar-refractivity contribution in [3.8, 4) is 0 Å². The molecule has 0 aromatic carbocycles. The lowest BCUT2D eigenvalue weighted by molar-refractivity contribution is 1.02. The molecule has 0 saturated carbocycles. The van der Waals surface area contributed by atoms with Crippen LogP contribution in [0.5, 0.6) is 0 Å². The summed E-state index contributed by atoms with van der Waals surface area (Å²) >= 11 is 0. The first-order valence-electron chi connectivity index (χ1n) is 4.12. The van der Waals surface area contributed by atoms with Crippen LogP contribution in [-0.4, -0.2) is 17.2 Å². The largest absolute Gasteiger partial charge is 0.371 e. The summed E-state index contributed by atoms with van der Waals surface area (Å²) in [6.07, 6.45) is 7.41. The lowest BCUT2D eigenvalue weighted by Crippen LogP contribution is -1.99. The third kappa shape index (κ3) is 1.93. The van der Waals surface area contributed by atoms with Gasteiger partial charge in [-0.3, -0.25) is 0 Å². The molecule has 0 saturated heterocycles. The van der Waals surface area contributed by atoms with Crippen LogP contribution in [0.2, 0.25) is 0 Å². The Bertz CT molecular complexity index is 329. The Morgan fingerprint density at radius 1 is 1.54 bits per heavy atom. The minimum Gasteiger partial charge on any atom is -0.371 e. The number of rotatable bonds is 3. The standard InChI is InChI=1S/C10H13N3/c1-4-6-9-8(5-2)7-12-13-10(9)11-3/h4-7H,2H2,1,3H3,(H,11,13)/b6-4-. The number of anilines is 1. The van der Waals surface area contributed by atoms with Gasteiger partial charge in [-0.2, -0.15) is 5.10 Å². The van der Waals surface area contributed by atoms with Crippen molar-refractivity contribution in [3.05, 3.63) is 30.0 Å². The van der Waals surface area contributed by atoms with Crippen LogP contribution in [0, 0.1) is 0 Å². The number of hydrogen-bond acceptors (Lipinski definition) is 3. The molecule has 0 bridgehead atoms. The minimum absolute atomic E-state index is 0.774. The Morgan fingerprint density at radius 3 is 2.85 bits per heavy atom. The molecular formula is C10H13N3.